The standard InChI is InChI=1S/C20H20Cl2N2O/c1-12-3-6-18-15(9-12)16-11-23(2)8-7-19(16)24(18)20(25)14-5-4-13(21)10-17(14)22/h3-6,9-10,16,19H,7-8,11H2,1-2H3. The van der Waals surface area contributed by atoms with Gasteiger partial charge in [-0.2, -0.15) is 0 Å². The maximum atomic E-state index is 13.3. The van der Waals surface area contributed by atoms with Gasteiger partial charge in [-0.25, -0.2) is 0 Å². The number of hydrogen-bond donors (Lipinski definition) is 0. The number of aryl methyl sites for hydroxylation is 1. The third-order valence-electron chi connectivity index (χ3n) is 5.33. The minimum absolute atomic E-state index is 0.0381. The molecule has 2 aliphatic rings. The van der Waals surface area contributed by atoms with E-state index in [1.54, 1.807) is 18.2 Å². The lowest BCUT2D eigenvalue weighted by atomic mass is 9.88. The predicted molar refractivity (Wildman–Crippen MR) is 103 cm³/mol. The van der Waals surface area contributed by atoms with Crippen molar-refractivity contribution in [2.75, 3.05) is 25.0 Å². The molecule has 2 aromatic carbocycles. The average Bonchev–Trinajstić information content (AvgIpc) is 2.87. The predicted octanol–water partition coefficient (Wildman–Crippen LogP) is 4.75. The van der Waals surface area contributed by atoms with E-state index in [0.29, 0.717) is 21.5 Å². The summed E-state index contributed by atoms with van der Waals surface area (Å²) in [4.78, 5) is 17.7. The first-order chi connectivity index (χ1) is 12.0. The first-order valence-corrected chi connectivity index (χ1v) is 9.29. The molecule has 0 N–H and O–H groups in total. The van der Waals surface area contributed by atoms with E-state index in [4.69, 9.17) is 23.2 Å². The fourth-order valence-corrected chi connectivity index (χ4v) is 4.63. The Hall–Kier alpha value is -1.55. The Balaban J connectivity index is 1.80. The van der Waals surface area contributed by atoms with Crippen molar-refractivity contribution in [1.29, 1.82) is 0 Å². The summed E-state index contributed by atoms with van der Waals surface area (Å²) in [5, 5.41) is 0.943. The number of likely N-dealkylation sites (N-methyl/N-ethyl adjacent to an activating group) is 1. The van der Waals surface area contributed by atoms with Crippen LogP contribution < -0.4 is 4.90 Å². The molecular formula is C20H20Cl2N2O. The Morgan fingerprint density at radius 2 is 1.96 bits per heavy atom. The fourth-order valence-electron chi connectivity index (χ4n) is 4.14. The van der Waals surface area contributed by atoms with Crippen molar-refractivity contribution in [3.8, 4) is 0 Å². The van der Waals surface area contributed by atoms with Crippen LogP contribution in [-0.2, 0) is 0 Å². The van der Waals surface area contributed by atoms with Crippen LogP contribution in [0, 0.1) is 6.92 Å². The van der Waals surface area contributed by atoms with Crippen LogP contribution in [0.2, 0.25) is 10.0 Å². The summed E-state index contributed by atoms with van der Waals surface area (Å²) in [5.74, 6) is 0.312. The van der Waals surface area contributed by atoms with E-state index in [0.717, 1.165) is 25.2 Å². The van der Waals surface area contributed by atoms with Gasteiger partial charge in [0.25, 0.3) is 5.91 Å². The third-order valence-corrected chi connectivity index (χ3v) is 5.88. The summed E-state index contributed by atoms with van der Waals surface area (Å²) in [7, 11) is 2.15. The monoisotopic (exact) mass is 374 g/mol. The van der Waals surface area contributed by atoms with Gasteiger partial charge >= 0.3 is 0 Å². The van der Waals surface area contributed by atoms with Gasteiger partial charge in [-0.1, -0.05) is 40.9 Å². The van der Waals surface area contributed by atoms with Crippen LogP contribution in [-0.4, -0.2) is 37.0 Å². The van der Waals surface area contributed by atoms with E-state index in [1.165, 1.54) is 11.1 Å². The number of carbonyl (C=O) groups is 1. The number of piperidine rings is 1. The van der Waals surface area contributed by atoms with Crippen LogP contribution in [0.1, 0.15) is 33.8 Å². The molecule has 2 atom stereocenters. The summed E-state index contributed by atoms with van der Waals surface area (Å²) in [6, 6.07) is 11.6. The molecule has 3 nitrogen and oxygen atoms in total. The largest absolute Gasteiger partial charge is 0.306 e. The van der Waals surface area contributed by atoms with Gasteiger partial charge in [0, 0.05) is 29.2 Å². The van der Waals surface area contributed by atoms with Crippen molar-refractivity contribution in [2.45, 2.75) is 25.3 Å². The first-order valence-electron chi connectivity index (χ1n) is 8.53. The molecule has 2 heterocycles. The highest BCUT2D eigenvalue weighted by atomic mass is 35.5. The second-order valence-electron chi connectivity index (χ2n) is 7.09. The minimum atomic E-state index is -0.0381. The summed E-state index contributed by atoms with van der Waals surface area (Å²) in [5.41, 5.74) is 4.03. The van der Waals surface area contributed by atoms with Gasteiger partial charge in [0.15, 0.2) is 0 Å². The zero-order valence-electron chi connectivity index (χ0n) is 14.3. The smallest absolute Gasteiger partial charge is 0.260 e. The molecule has 0 bridgehead atoms. The van der Waals surface area contributed by atoms with E-state index in [2.05, 4.69) is 37.1 Å². The van der Waals surface area contributed by atoms with Gasteiger partial charge in [0.05, 0.1) is 10.6 Å². The number of carbonyl (C=O) groups excluding carboxylic acids is 1. The molecule has 5 heteroatoms. The minimum Gasteiger partial charge on any atom is -0.306 e. The summed E-state index contributed by atoms with van der Waals surface area (Å²) >= 11 is 12.3. The van der Waals surface area contributed by atoms with Crippen molar-refractivity contribution in [3.05, 3.63) is 63.1 Å². The molecule has 2 aromatic rings. The summed E-state index contributed by atoms with van der Waals surface area (Å²) in [6.45, 7) is 4.06. The average molecular weight is 375 g/mol. The van der Waals surface area contributed by atoms with Crippen molar-refractivity contribution in [3.63, 3.8) is 0 Å². The lowest BCUT2D eigenvalue weighted by Crippen LogP contribution is -2.47. The summed E-state index contributed by atoms with van der Waals surface area (Å²) < 4.78 is 0. The van der Waals surface area contributed by atoms with Crippen LogP contribution in [0.4, 0.5) is 5.69 Å². The number of amides is 1. The maximum absolute atomic E-state index is 13.3. The normalized spacial score (nSPS) is 22.6. The first kappa shape index (κ1) is 16.9. The molecule has 130 valence electrons. The number of rotatable bonds is 1. The second kappa shape index (κ2) is 6.31. The molecule has 1 fully saturated rings. The van der Waals surface area contributed by atoms with Gasteiger partial charge in [0.2, 0.25) is 0 Å². The van der Waals surface area contributed by atoms with Crippen molar-refractivity contribution >= 4 is 34.8 Å². The Morgan fingerprint density at radius 3 is 2.72 bits per heavy atom. The molecule has 1 saturated heterocycles. The Kier molecular flexibility index (Phi) is 4.27. The number of likely N-dealkylation sites (tertiary alicyclic amines) is 1. The van der Waals surface area contributed by atoms with Crippen molar-refractivity contribution in [1.82, 2.24) is 4.90 Å². The number of nitrogens with zero attached hydrogens (tertiary/aromatic N) is 2. The van der Waals surface area contributed by atoms with Crippen LogP contribution in [0.15, 0.2) is 36.4 Å². The molecular weight excluding hydrogens is 355 g/mol. The molecule has 2 aliphatic heterocycles. The van der Waals surface area contributed by atoms with Gasteiger partial charge in [-0.3, -0.25) is 4.79 Å². The van der Waals surface area contributed by atoms with E-state index in [1.807, 2.05) is 4.90 Å². The molecule has 0 aliphatic carbocycles. The van der Waals surface area contributed by atoms with Gasteiger partial charge in [0.1, 0.15) is 0 Å². The summed E-state index contributed by atoms with van der Waals surface area (Å²) in [6.07, 6.45) is 0.964. The molecule has 1 amide bonds. The highest BCUT2D eigenvalue weighted by molar-refractivity contribution is 6.37. The Bertz CT molecular complexity index is 852. The Morgan fingerprint density at radius 1 is 1.16 bits per heavy atom. The molecule has 4 rings (SSSR count). The molecule has 2 unspecified atom stereocenters. The van der Waals surface area contributed by atoms with Gasteiger partial charge in [-0.15, -0.1) is 0 Å². The van der Waals surface area contributed by atoms with Crippen LogP contribution in [0.5, 0.6) is 0 Å². The van der Waals surface area contributed by atoms with Crippen LogP contribution >= 0.6 is 23.2 Å². The number of hydrogen-bond acceptors (Lipinski definition) is 2. The lowest BCUT2D eigenvalue weighted by molar-refractivity contribution is 0.0965. The van der Waals surface area contributed by atoms with Crippen LogP contribution in [0.25, 0.3) is 0 Å². The second-order valence-corrected chi connectivity index (χ2v) is 7.93. The zero-order valence-corrected chi connectivity index (χ0v) is 15.8. The van der Waals surface area contributed by atoms with Crippen molar-refractivity contribution in [2.24, 2.45) is 0 Å². The lowest BCUT2D eigenvalue weighted by Gasteiger charge is -2.36. The van der Waals surface area contributed by atoms with Crippen molar-refractivity contribution < 1.29 is 4.79 Å². The molecule has 0 aromatic heterocycles. The molecule has 25 heavy (non-hydrogen) atoms. The number of halogens is 2. The fraction of sp³-hybridized carbons (Fsp3) is 0.350. The van der Waals surface area contributed by atoms with E-state index in [9.17, 15) is 4.79 Å². The molecule has 0 radical (unpaired) electrons. The highest BCUT2D eigenvalue weighted by Crippen LogP contribution is 2.45. The zero-order chi connectivity index (χ0) is 17.7. The molecule has 0 saturated carbocycles. The van der Waals surface area contributed by atoms with Crippen LogP contribution in [0.3, 0.4) is 0 Å². The van der Waals surface area contributed by atoms with E-state index >= 15 is 0 Å². The van der Waals surface area contributed by atoms with E-state index < -0.39 is 0 Å². The number of anilines is 1. The highest BCUT2D eigenvalue weighted by Gasteiger charge is 2.44. The van der Waals surface area contributed by atoms with Gasteiger partial charge in [-0.05, 0) is 56.8 Å². The Labute approximate surface area is 158 Å². The number of benzene rings is 2. The quantitative estimate of drug-likeness (QED) is 0.718. The number of fused-ring (bicyclic) bond motifs is 3. The third kappa shape index (κ3) is 2.84. The SMILES string of the molecule is Cc1ccc2c(c1)C1CN(C)CCC1N2C(=O)c1ccc(Cl)cc1Cl. The molecule has 0 spiro atoms. The maximum Gasteiger partial charge on any atom is 0.260 e. The van der Waals surface area contributed by atoms with E-state index in [-0.39, 0.29) is 11.9 Å². The van der Waals surface area contributed by atoms with Gasteiger partial charge < -0.3 is 9.80 Å². The topological polar surface area (TPSA) is 23.6 Å².